The number of nitrogens with zero attached hydrogens (tertiary/aromatic N) is 2. The van der Waals surface area contributed by atoms with Crippen molar-refractivity contribution >= 4 is 34.5 Å². The number of nitrogens with two attached hydrogens (primary N) is 1. The largest absolute Gasteiger partial charge is 0.333 e. The molecule has 2 aromatic carbocycles. The van der Waals surface area contributed by atoms with Crippen molar-refractivity contribution in [1.29, 1.82) is 0 Å². The topological polar surface area (TPSA) is 83.7 Å². The number of carbonyl (C=O) groups is 3. The van der Waals surface area contributed by atoms with Crippen molar-refractivity contribution in [2.75, 3.05) is 17.3 Å². The van der Waals surface area contributed by atoms with Crippen LogP contribution in [0.3, 0.4) is 0 Å². The number of anilines is 1. The molecule has 128 valence electrons. The average Bonchev–Trinajstić information content (AvgIpc) is 2.91. The Morgan fingerprint density at radius 2 is 1.60 bits per heavy atom. The second-order valence-electron chi connectivity index (χ2n) is 5.42. The van der Waals surface area contributed by atoms with Crippen LogP contribution in [0.5, 0.6) is 0 Å². The Hall–Kier alpha value is -2.64. The number of thioether (sulfide) groups is 1. The molecule has 2 aromatic rings. The molecule has 0 spiro atoms. The number of hydrogen-bond acceptors (Lipinski definition) is 5. The van der Waals surface area contributed by atoms with E-state index in [2.05, 4.69) is 0 Å². The van der Waals surface area contributed by atoms with Crippen LogP contribution < -0.4 is 10.6 Å². The van der Waals surface area contributed by atoms with Gasteiger partial charge in [-0.1, -0.05) is 60.3 Å². The molecule has 1 atom stereocenters. The van der Waals surface area contributed by atoms with Crippen LogP contribution in [0, 0.1) is 0 Å². The molecule has 0 radical (unpaired) electrons. The van der Waals surface area contributed by atoms with Gasteiger partial charge in [0.2, 0.25) is 5.12 Å². The molecule has 1 fully saturated rings. The summed E-state index contributed by atoms with van der Waals surface area (Å²) >= 11 is 0.869. The fraction of sp³-hybridized carbons (Fsp3) is 0.167. The highest BCUT2D eigenvalue weighted by molar-refractivity contribution is 8.13. The monoisotopic (exact) mass is 355 g/mol. The fourth-order valence-electron chi connectivity index (χ4n) is 2.68. The van der Waals surface area contributed by atoms with Gasteiger partial charge in [0.1, 0.15) is 6.04 Å². The normalized spacial score (nSPS) is 17.2. The Morgan fingerprint density at radius 3 is 2.20 bits per heavy atom. The van der Waals surface area contributed by atoms with E-state index in [-0.39, 0.29) is 23.4 Å². The van der Waals surface area contributed by atoms with E-state index in [9.17, 15) is 14.4 Å². The van der Waals surface area contributed by atoms with Crippen molar-refractivity contribution in [3.8, 4) is 0 Å². The fourth-order valence-corrected chi connectivity index (χ4v) is 3.31. The molecule has 1 unspecified atom stereocenters. The summed E-state index contributed by atoms with van der Waals surface area (Å²) in [6, 6.07) is 17.0. The van der Waals surface area contributed by atoms with Crippen molar-refractivity contribution < 1.29 is 14.4 Å². The van der Waals surface area contributed by atoms with Crippen LogP contribution in [0.25, 0.3) is 0 Å². The molecule has 6 nitrogen and oxygen atoms in total. The number of hydrogen-bond donors (Lipinski definition) is 1. The Labute approximate surface area is 149 Å². The summed E-state index contributed by atoms with van der Waals surface area (Å²) in [6.07, 6.45) is 0. The third kappa shape index (κ3) is 3.42. The van der Waals surface area contributed by atoms with Gasteiger partial charge in [0.05, 0.1) is 12.4 Å². The first-order valence-electron chi connectivity index (χ1n) is 7.73. The molecule has 0 saturated carbocycles. The molecule has 1 saturated heterocycles. The Kier molecular flexibility index (Phi) is 5.16. The van der Waals surface area contributed by atoms with E-state index in [1.165, 1.54) is 4.90 Å². The van der Waals surface area contributed by atoms with Crippen LogP contribution in [0.15, 0.2) is 60.7 Å². The Balaban J connectivity index is 1.97. The zero-order chi connectivity index (χ0) is 17.8. The molecule has 1 aliphatic rings. The standard InChI is InChI=1S/C18H17N3O3S/c19-11-15(22)25-12-20-17(23)16(13-7-3-1-4-8-13)21(18(20)24)14-9-5-2-6-10-14/h1-10,16H,11-12,19H2. The molecule has 3 amide bonds. The van der Waals surface area contributed by atoms with Gasteiger partial charge in [-0.25, -0.2) is 4.79 Å². The van der Waals surface area contributed by atoms with Gasteiger partial charge in [0.15, 0.2) is 0 Å². The van der Waals surface area contributed by atoms with Crippen LogP contribution in [0.1, 0.15) is 11.6 Å². The minimum Gasteiger partial charge on any atom is -0.323 e. The third-order valence-electron chi connectivity index (χ3n) is 3.87. The molecule has 0 aliphatic carbocycles. The molecule has 7 heteroatoms. The number of rotatable bonds is 5. The number of urea groups is 1. The van der Waals surface area contributed by atoms with Crippen molar-refractivity contribution in [3.63, 3.8) is 0 Å². The molecular formula is C18H17N3O3S. The highest BCUT2D eigenvalue weighted by Crippen LogP contribution is 2.36. The summed E-state index contributed by atoms with van der Waals surface area (Å²) in [5.74, 6) is -0.391. The lowest BCUT2D eigenvalue weighted by molar-refractivity contribution is -0.126. The minimum atomic E-state index is -0.746. The lowest BCUT2D eigenvalue weighted by Crippen LogP contribution is -2.33. The zero-order valence-corrected chi connectivity index (χ0v) is 14.2. The van der Waals surface area contributed by atoms with Crippen LogP contribution in [-0.4, -0.2) is 34.4 Å². The number of benzene rings is 2. The van der Waals surface area contributed by atoms with E-state index in [0.717, 1.165) is 22.2 Å². The van der Waals surface area contributed by atoms with Crippen LogP contribution >= 0.6 is 11.8 Å². The summed E-state index contributed by atoms with van der Waals surface area (Å²) < 4.78 is 0. The van der Waals surface area contributed by atoms with Gasteiger partial charge < -0.3 is 5.73 Å². The lowest BCUT2D eigenvalue weighted by Gasteiger charge is -2.22. The van der Waals surface area contributed by atoms with Gasteiger partial charge in [-0.15, -0.1) is 0 Å². The van der Waals surface area contributed by atoms with E-state index >= 15 is 0 Å². The SMILES string of the molecule is NCC(=O)SCN1C(=O)C(c2ccccc2)N(c2ccccc2)C1=O. The maximum absolute atomic E-state index is 12.9. The molecule has 3 rings (SSSR count). The molecule has 1 aliphatic heterocycles. The van der Waals surface area contributed by atoms with Crippen LogP contribution in [0.2, 0.25) is 0 Å². The van der Waals surface area contributed by atoms with E-state index in [0.29, 0.717) is 5.69 Å². The van der Waals surface area contributed by atoms with Crippen molar-refractivity contribution in [2.24, 2.45) is 5.73 Å². The maximum Gasteiger partial charge on any atom is 0.333 e. The highest BCUT2D eigenvalue weighted by atomic mass is 32.2. The predicted molar refractivity (Wildman–Crippen MR) is 96.9 cm³/mol. The first kappa shape index (κ1) is 17.2. The first-order valence-corrected chi connectivity index (χ1v) is 8.72. The lowest BCUT2D eigenvalue weighted by atomic mass is 10.1. The quantitative estimate of drug-likeness (QED) is 0.833. The molecule has 1 heterocycles. The van der Waals surface area contributed by atoms with E-state index in [1.54, 1.807) is 12.1 Å². The summed E-state index contributed by atoms with van der Waals surface area (Å²) in [7, 11) is 0. The molecule has 2 N–H and O–H groups in total. The van der Waals surface area contributed by atoms with Gasteiger partial charge in [-0.3, -0.25) is 19.4 Å². The summed E-state index contributed by atoms with van der Waals surface area (Å²) in [4.78, 5) is 39.8. The van der Waals surface area contributed by atoms with E-state index < -0.39 is 12.1 Å². The summed E-state index contributed by atoms with van der Waals surface area (Å²) in [5.41, 5.74) is 6.65. The zero-order valence-electron chi connectivity index (χ0n) is 13.4. The summed E-state index contributed by atoms with van der Waals surface area (Å²) in [5, 5.41) is -0.268. The number of amides is 3. The summed E-state index contributed by atoms with van der Waals surface area (Å²) in [6.45, 7) is -0.134. The van der Waals surface area contributed by atoms with E-state index in [4.69, 9.17) is 5.73 Å². The van der Waals surface area contributed by atoms with Crippen molar-refractivity contribution in [3.05, 3.63) is 66.2 Å². The van der Waals surface area contributed by atoms with Crippen LogP contribution in [0.4, 0.5) is 10.5 Å². The second kappa shape index (κ2) is 7.50. The molecular weight excluding hydrogens is 338 g/mol. The van der Waals surface area contributed by atoms with Crippen molar-refractivity contribution in [2.45, 2.75) is 6.04 Å². The minimum absolute atomic E-state index is 0.0413. The number of carbonyl (C=O) groups excluding carboxylic acids is 3. The Bertz CT molecular complexity index is 725. The van der Waals surface area contributed by atoms with Gasteiger partial charge in [0, 0.05) is 5.69 Å². The molecule has 25 heavy (non-hydrogen) atoms. The smallest absolute Gasteiger partial charge is 0.323 e. The van der Waals surface area contributed by atoms with Gasteiger partial charge in [-0.2, -0.15) is 0 Å². The maximum atomic E-state index is 12.9. The average molecular weight is 355 g/mol. The predicted octanol–water partition coefficient (Wildman–Crippen LogP) is 2.37. The van der Waals surface area contributed by atoms with Crippen LogP contribution in [-0.2, 0) is 9.59 Å². The second-order valence-corrected chi connectivity index (χ2v) is 6.42. The number of para-hydroxylation sites is 1. The Morgan fingerprint density at radius 1 is 1.00 bits per heavy atom. The van der Waals surface area contributed by atoms with Crippen molar-refractivity contribution in [1.82, 2.24) is 4.90 Å². The molecule has 0 aromatic heterocycles. The van der Waals surface area contributed by atoms with Gasteiger partial charge in [-0.05, 0) is 17.7 Å². The highest BCUT2D eigenvalue weighted by Gasteiger charge is 2.46. The third-order valence-corrected chi connectivity index (χ3v) is 4.74. The number of imide groups is 1. The van der Waals surface area contributed by atoms with E-state index in [1.807, 2.05) is 48.5 Å². The molecule has 0 bridgehead atoms. The van der Waals surface area contributed by atoms with Gasteiger partial charge in [0.25, 0.3) is 5.91 Å². The van der Waals surface area contributed by atoms with Gasteiger partial charge >= 0.3 is 6.03 Å². The first-order chi connectivity index (χ1) is 12.1.